The molecule has 2 aromatic carbocycles. The molecule has 12 heteroatoms. The number of hydrogen-bond acceptors (Lipinski definition) is 5. The number of anilines is 1. The van der Waals surface area contributed by atoms with Crippen molar-refractivity contribution in [2.24, 2.45) is 5.92 Å². The fraction of sp³-hybridized carbons (Fsp3) is 0.304. The van der Waals surface area contributed by atoms with Crippen LogP contribution in [0.3, 0.4) is 0 Å². The summed E-state index contributed by atoms with van der Waals surface area (Å²) in [6.45, 7) is 0. The molecular formula is C23H19F6N3O3. The topological polar surface area (TPSA) is 72.9 Å². The van der Waals surface area contributed by atoms with Crippen molar-refractivity contribution in [3.05, 3.63) is 77.4 Å². The molecule has 0 aromatic heterocycles. The summed E-state index contributed by atoms with van der Waals surface area (Å²) in [4.78, 5) is 26.2. The largest absolute Gasteiger partial charge is 0.416 e. The van der Waals surface area contributed by atoms with Crippen LogP contribution in [0.15, 0.2) is 60.7 Å². The standard InChI is InChI=1S/C23H19F6N3O3/c1-31-20(34)16-7-8-17(32(18(16)21(31)35)30-15-5-3-2-4-6-15)19(33)12-9-13(22(24,25)26)11-14(10-12)23(27,28)29/h2-11,16-19,30,33H,1H3. The molecule has 0 radical (unpaired) electrons. The predicted molar refractivity (Wildman–Crippen MR) is 111 cm³/mol. The van der Waals surface area contributed by atoms with Crippen molar-refractivity contribution < 1.29 is 41.0 Å². The number of rotatable bonds is 4. The number of carbonyl (C=O) groups excluding carboxylic acids is 2. The van der Waals surface area contributed by atoms with Crippen molar-refractivity contribution >= 4 is 17.5 Å². The van der Waals surface area contributed by atoms with E-state index in [1.807, 2.05) is 0 Å². The lowest BCUT2D eigenvalue weighted by Crippen LogP contribution is -2.55. The minimum Gasteiger partial charge on any atom is -0.386 e. The Kier molecular flexibility index (Phi) is 6.14. The number of nitrogens with one attached hydrogen (secondary N) is 1. The predicted octanol–water partition coefficient (Wildman–Crippen LogP) is 4.01. The number of benzene rings is 2. The summed E-state index contributed by atoms with van der Waals surface area (Å²) >= 11 is 0. The molecule has 186 valence electrons. The summed E-state index contributed by atoms with van der Waals surface area (Å²) in [5, 5.41) is 12.2. The Morgan fingerprint density at radius 1 is 0.886 bits per heavy atom. The first-order valence-corrected chi connectivity index (χ1v) is 10.4. The van der Waals surface area contributed by atoms with Crippen LogP contribution in [0.25, 0.3) is 0 Å². The number of para-hydroxylation sites is 1. The summed E-state index contributed by atoms with van der Waals surface area (Å²) in [6.07, 6.45) is -9.48. The number of aliphatic hydroxyl groups is 1. The molecule has 2 aromatic rings. The monoisotopic (exact) mass is 499 g/mol. The molecule has 2 aliphatic heterocycles. The molecule has 2 amide bonds. The molecule has 0 saturated carbocycles. The molecule has 0 bridgehead atoms. The summed E-state index contributed by atoms with van der Waals surface area (Å²) in [5.74, 6) is -2.10. The van der Waals surface area contributed by atoms with Crippen LogP contribution in [0.4, 0.5) is 32.0 Å². The zero-order valence-corrected chi connectivity index (χ0v) is 18.0. The van der Waals surface area contributed by atoms with E-state index in [9.17, 15) is 41.0 Å². The lowest BCUT2D eigenvalue weighted by molar-refractivity contribution is -0.143. The van der Waals surface area contributed by atoms with Gasteiger partial charge in [-0.05, 0) is 35.9 Å². The van der Waals surface area contributed by atoms with Crippen molar-refractivity contribution in [3.63, 3.8) is 0 Å². The van der Waals surface area contributed by atoms with Crippen molar-refractivity contribution in [1.29, 1.82) is 0 Å². The van der Waals surface area contributed by atoms with Gasteiger partial charge < -0.3 is 10.5 Å². The normalized spacial score (nSPS) is 24.0. The molecule has 0 spiro atoms. The quantitative estimate of drug-likeness (QED) is 0.378. The highest BCUT2D eigenvalue weighted by Crippen LogP contribution is 2.40. The van der Waals surface area contributed by atoms with Gasteiger partial charge in [-0.1, -0.05) is 30.4 Å². The third-order valence-electron chi connectivity index (χ3n) is 5.98. The van der Waals surface area contributed by atoms with Crippen molar-refractivity contribution in [2.45, 2.75) is 30.5 Å². The Balaban J connectivity index is 1.79. The number of hydrogen-bond donors (Lipinski definition) is 2. The zero-order chi connectivity index (χ0) is 25.7. The van der Waals surface area contributed by atoms with E-state index in [0.717, 1.165) is 4.90 Å². The van der Waals surface area contributed by atoms with E-state index < -0.39 is 65.0 Å². The maximum atomic E-state index is 13.3. The molecule has 0 aliphatic carbocycles. The molecule has 6 nitrogen and oxygen atoms in total. The molecule has 2 aliphatic rings. The van der Waals surface area contributed by atoms with E-state index in [1.54, 1.807) is 30.3 Å². The van der Waals surface area contributed by atoms with Gasteiger partial charge in [-0.3, -0.25) is 14.5 Å². The lowest BCUT2D eigenvalue weighted by atomic mass is 9.89. The second kappa shape index (κ2) is 8.68. The smallest absolute Gasteiger partial charge is 0.386 e. The second-order valence-electron chi connectivity index (χ2n) is 8.25. The van der Waals surface area contributed by atoms with E-state index in [1.165, 1.54) is 24.2 Å². The van der Waals surface area contributed by atoms with E-state index in [-0.39, 0.29) is 6.07 Å². The van der Waals surface area contributed by atoms with Crippen LogP contribution in [-0.2, 0) is 21.9 Å². The fourth-order valence-corrected chi connectivity index (χ4v) is 4.22. The highest BCUT2D eigenvalue weighted by molar-refractivity contribution is 6.08. The van der Waals surface area contributed by atoms with Crippen LogP contribution in [0, 0.1) is 5.92 Å². The molecule has 4 rings (SSSR count). The summed E-state index contributed by atoms with van der Waals surface area (Å²) in [6, 6.07) is 6.61. The van der Waals surface area contributed by atoms with Gasteiger partial charge in [-0.25, -0.2) is 5.01 Å². The summed E-state index contributed by atoms with van der Waals surface area (Å²) in [5.41, 5.74) is -0.482. The van der Waals surface area contributed by atoms with Crippen LogP contribution in [0.5, 0.6) is 0 Å². The first kappa shape index (κ1) is 24.7. The third kappa shape index (κ3) is 4.63. The number of halogens is 6. The highest BCUT2D eigenvalue weighted by Gasteiger charge is 2.52. The molecule has 4 atom stereocenters. The SMILES string of the molecule is CN1C(=O)C2C=CC(C(O)c3cc(C(F)(F)F)cc(C(F)(F)F)c3)N(Nc3ccccc3)C2C1=O. The minimum atomic E-state index is -5.10. The molecule has 2 N–H and O–H groups in total. The molecule has 1 saturated heterocycles. The Morgan fingerprint density at radius 2 is 1.46 bits per heavy atom. The van der Waals surface area contributed by atoms with Gasteiger partial charge in [0.05, 0.1) is 29.2 Å². The second-order valence-corrected chi connectivity index (χ2v) is 8.25. The number of imide groups is 1. The minimum absolute atomic E-state index is 0.0307. The molecular weight excluding hydrogens is 480 g/mol. The Bertz CT molecular complexity index is 1130. The van der Waals surface area contributed by atoms with Crippen molar-refractivity contribution in [2.75, 3.05) is 12.5 Å². The van der Waals surface area contributed by atoms with Gasteiger partial charge in [0.15, 0.2) is 0 Å². The van der Waals surface area contributed by atoms with Crippen LogP contribution >= 0.6 is 0 Å². The van der Waals surface area contributed by atoms with Gasteiger partial charge in [0.25, 0.3) is 0 Å². The van der Waals surface area contributed by atoms with Crippen LogP contribution in [0.2, 0.25) is 0 Å². The first-order chi connectivity index (χ1) is 16.3. The Hall–Kier alpha value is -3.38. The number of likely N-dealkylation sites (N-methyl/N-ethyl adjacent to an activating group) is 1. The number of likely N-dealkylation sites (tertiary alicyclic amines) is 1. The van der Waals surface area contributed by atoms with Crippen LogP contribution in [-0.4, -0.2) is 46.0 Å². The van der Waals surface area contributed by atoms with Crippen molar-refractivity contribution in [3.8, 4) is 0 Å². The molecule has 2 heterocycles. The third-order valence-corrected chi connectivity index (χ3v) is 5.98. The molecule has 1 fully saturated rings. The van der Waals surface area contributed by atoms with Gasteiger partial charge in [-0.15, -0.1) is 0 Å². The van der Waals surface area contributed by atoms with Crippen LogP contribution in [0.1, 0.15) is 22.8 Å². The first-order valence-electron chi connectivity index (χ1n) is 10.4. The van der Waals surface area contributed by atoms with Gasteiger partial charge >= 0.3 is 12.4 Å². The Morgan fingerprint density at radius 3 is 2.00 bits per heavy atom. The van der Waals surface area contributed by atoms with Gasteiger partial charge in [0, 0.05) is 12.7 Å². The fourth-order valence-electron chi connectivity index (χ4n) is 4.22. The van der Waals surface area contributed by atoms with E-state index in [4.69, 9.17) is 0 Å². The highest BCUT2D eigenvalue weighted by atomic mass is 19.4. The number of aliphatic hydroxyl groups excluding tert-OH is 1. The Labute approximate surface area is 195 Å². The van der Waals surface area contributed by atoms with Gasteiger partial charge in [-0.2, -0.15) is 26.3 Å². The average molecular weight is 499 g/mol. The number of nitrogens with zero attached hydrogens (tertiary/aromatic N) is 2. The number of fused-ring (bicyclic) bond motifs is 1. The van der Waals surface area contributed by atoms with E-state index in [0.29, 0.717) is 17.8 Å². The zero-order valence-electron chi connectivity index (χ0n) is 18.0. The average Bonchev–Trinajstić information content (AvgIpc) is 3.02. The number of hydrazine groups is 1. The number of alkyl halides is 6. The summed E-state index contributed by atoms with van der Waals surface area (Å²) < 4.78 is 80.1. The maximum absolute atomic E-state index is 13.3. The van der Waals surface area contributed by atoms with Crippen LogP contribution < -0.4 is 5.43 Å². The van der Waals surface area contributed by atoms with Gasteiger partial charge in [0.2, 0.25) is 11.8 Å². The van der Waals surface area contributed by atoms with Gasteiger partial charge in [0.1, 0.15) is 6.04 Å². The lowest BCUT2D eigenvalue weighted by Gasteiger charge is -2.40. The number of carbonyl (C=O) groups is 2. The van der Waals surface area contributed by atoms with E-state index in [2.05, 4.69) is 5.43 Å². The molecule has 35 heavy (non-hydrogen) atoms. The maximum Gasteiger partial charge on any atom is 0.416 e. The molecule has 4 unspecified atom stereocenters. The van der Waals surface area contributed by atoms with E-state index >= 15 is 0 Å². The summed E-state index contributed by atoms with van der Waals surface area (Å²) in [7, 11) is 1.27. The number of amides is 2. The van der Waals surface area contributed by atoms with Crippen molar-refractivity contribution in [1.82, 2.24) is 9.91 Å².